The normalized spacial score (nSPS) is 8.00. The summed E-state index contributed by atoms with van der Waals surface area (Å²) in [4.78, 5) is 41.6. The molecule has 0 spiro atoms. The summed E-state index contributed by atoms with van der Waals surface area (Å²) in [6.45, 7) is 0.940. The van der Waals surface area contributed by atoms with Crippen LogP contribution >= 0.6 is 7.82 Å². The SMILES string of the molecule is CC(=O)C(=O)[O-].O=P([O-])(O)O.[Na+].[Na+]. The van der Waals surface area contributed by atoms with Crippen molar-refractivity contribution in [2.75, 3.05) is 0 Å². The van der Waals surface area contributed by atoms with Crippen LogP contribution < -0.4 is 69.1 Å². The zero-order valence-corrected chi connectivity index (χ0v) is 12.3. The monoisotopic (exact) mass is 230 g/mol. The molecule has 2 N–H and O–H groups in total. The Bertz CT molecular complexity index is 178. The van der Waals surface area contributed by atoms with Crippen LogP contribution in [0.4, 0.5) is 0 Å². The van der Waals surface area contributed by atoms with Gasteiger partial charge in [0.2, 0.25) is 0 Å². The zero-order valence-electron chi connectivity index (χ0n) is 7.38. The minimum Gasteiger partial charge on any atom is -0.756 e. The van der Waals surface area contributed by atoms with Crippen LogP contribution in [0.1, 0.15) is 6.92 Å². The molecular formula is C3H5Na2O7P. The molecule has 0 saturated heterocycles. The molecule has 0 fully saturated rings. The second-order valence-electron chi connectivity index (χ2n) is 1.33. The molecule has 0 atom stereocenters. The standard InChI is InChI=1S/C3H4O3.2Na.H3O4P/c1-2(4)3(5)6;;;1-5(2,3)4/h1H3,(H,5,6);;;(H3,1,2,3,4)/q;2*+1;/p-2. The van der Waals surface area contributed by atoms with Crippen LogP contribution in [0.5, 0.6) is 0 Å². The van der Waals surface area contributed by atoms with Crippen molar-refractivity contribution in [2.45, 2.75) is 6.92 Å². The second-order valence-corrected chi connectivity index (χ2v) is 2.32. The van der Waals surface area contributed by atoms with Gasteiger partial charge in [-0.2, -0.15) is 0 Å². The second kappa shape index (κ2) is 11.3. The minimum atomic E-state index is -4.89. The maximum Gasteiger partial charge on any atom is 1.00 e. The molecule has 0 amide bonds. The summed E-state index contributed by atoms with van der Waals surface area (Å²) in [5.41, 5.74) is 0. The van der Waals surface area contributed by atoms with Crippen molar-refractivity contribution in [3.63, 3.8) is 0 Å². The molecule has 10 heteroatoms. The summed E-state index contributed by atoms with van der Waals surface area (Å²) in [6, 6.07) is 0. The maximum atomic E-state index is 9.48. The Labute approximate surface area is 118 Å². The number of phosphoric acid groups is 1. The predicted octanol–water partition coefficient (Wildman–Crippen LogP) is -9.23. The Morgan fingerprint density at radius 2 is 1.31 bits per heavy atom. The Kier molecular flexibility index (Phi) is 20.7. The van der Waals surface area contributed by atoms with Gasteiger partial charge in [-0.1, -0.05) is 0 Å². The molecule has 0 aliphatic heterocycles. The summed E-state index contributed by atoms with van der Waals surface area (Å²) < 4.78 is 8.77. The Hall–Kier alpha value is 1.25. The first-order chi connectivity index (χ1) is 4.64. The van der Waals surface area contributed by atoms with Gasteiger partial charge in [0.05, 0.1) is 0 Å². The first-order valence-electron chi connectivity index (χ1n) is 2.13. The van der Waals surface area contributed by atoms with Crippen LogP contribution in [0.3, 0.4) is 0 Å². The summed E-state index contributed by atoms with van der Waals surface area (Å²) in [6.07, 6.45) is 0. The van der Waals surface area contributed by atoms with Crippen LogP contribution in [0.2, 0.25) is 0 Å². The van der Waals surface area contributed by atoms with E-state index in [1.165, 1.54) is 0 Å². The van der Waals surface area contributed by atoms with Gasteiger partial charge < -0.3 is 24.6 Å². The number of ketones is 1. The molecule has 0 rings (SSSR count). The molecule has 0 aromatic heterocycles. The molecule has 0 radical (unpaired) electrons. The molecule has 0 unspecified atom stereocenters. The summed E-state index contributed by atoms with van der Waals surface area (Å²) in [5, 5.41) is 9.24. The third kappa shape index (κ3) is 60.8. The average Bonchev–Trinajstić information content (AvgIpc) is 1.59. The molecule has 66 valence electrons. The van der Waals surface area contributed by atoms with Gasteiger partial charge in [-0.3, -0.25) is 9.36 Å². The fourth-order valence-electron chi connectivity index (χ4n) is 0. The average molecular weight is 230 g/mol. The van der Waals surface area contributed by atoms with E-state index in [1.807, 2.05) is 0 Å². The first-order valence-corrected chi connectivity index (χ1v) is 3.66. The third-order valence-corrected chi connectivity index (χ3v) is 0.287. The number of aliphatic carboxylic acids is 1. The number of hydrogen-bond acceptors (Lipinski definition) is 5. The van der Waals surface area contributed by atoms with Gasteiger partial charge in [0, 0.05) is 6.92 Å². The van der Waals surface area contributed by atoms with Crippen LogP contribution in [0, 0.1) is 0 Å². The Morgan fingerprint density at radius 3 is 1.31 bits per heavy atom. The van der Waals surface area contributed by atoms with Crippen LogP contribution in [0.15, 0.2) is 0 Å². The quantitative estimate of drug-likeness (QED) is 0.259. The number of hydrogen-bond donors (Lipinski definition) is 2. The first kappa shape index (κ1) is 23.8. The van der Waals surface area contributed by atoms with E-state index in [1.54, 1.807) is 0 Å². The molecule has 13 heavy (non-hydrogen) atoms. The molecule has 0 aliphatic carbocycles. The molecule has 0 heterocycles. The molecule has 0 saturated carbocycles. The van der Waals surface area contributed by atoms with Crippen molar-refractivity contribution in [1.29, 1.82) is 0 Å². The number of carboxylic acid groups (broad SMARTS) is 1. The van der Waals surface area contributed by atoms with Gasteiger partial charge in [-0.25, -0.2) is 0 Å². The zero-order chi connectivity index (χ0) is 9.65. The van der Waals surface area contributed by atoms with E-state index in [2.05, 4.69) is 0 Å². The molecule has 0 aromatic carbocycles. The number of rotatable bonds is 1. The van der Waals surface area contributed by atoms with E-state index in [4.69, 9.17) is 19.2 Å². The Balaban J connectivity index is -0.0000000546. The summed E-state index contributed by atoms with van der Waals surface area (Å²) >= 11 is 0. The van der Waals surface area contributed by atoms with E-state index in [0.717, 1.165) is 6.92 Å². The van der Waals surface area contributed by atoms with Crippen LogP contribution in [-0.4, -0.2) is 21.5 Å². The van der Waals surface area contributed by atoms with Crippen molar-refractivity contribution in [2.24, 2.45) is 0 Å². The minimum absolute atomic E-state index is 0. The molecule has 0 bridgehead atoms. The summed E-state index contributed by atoms with van der Waals surface area (Å²) in [7, 11) is -4.89. The van der Waals surface area contributed by atoms with Crippen molar-refractivity contribution in [3.8, 4) is 0 Å². The van der Waals surface area contributed by atoms with E-state index < -0.39 is 19.6 Å². The van der Waals surface area contributed by atoms with Gasteiger partial charge >= 0.3 is 59.1 Å². The van der Waals surface area contributed by atoms with Gasteiger partial charge in [0.15, 0.2) is 5.78 Å². The fourth-order valence-corrected chi connectivity index (χ4v) is 0. The van der Waals surface area contributed by atoms with E-state index in [9.17, 15) is 14.7 Å². The van der Waals surface area contributed by atoms with Gasteiger partial charge in [-0.05, 0) is 0 Å². The van der Waals surface area contributed by atoms with Gasteiger partial charge in [-0.15, -0.1) is 0 Å². The molecule has 0 aliphatic rings. The van der Waals surface area contributed by atoms with E-state index in [-0.39, 0.29) is 59.1 Å². The predicted molar refractivity (Wildman–Crippen MR) is 27.7 cm³/mol. The van der Waals surface area contributed by atoms with Gasteiger partial charge in [0.25, 0.3) is 7.82 Å². The molecular weight excluding hydrogens is 225 g/mol. The van der Waals surface area contributed by atoms with Crippen molar-refractivity contribution in [1.82, 2.24) is 0 Å². The number of carbonyl (C=O) groups is 2. The third-order valence-electron chi connectivity index (χ3n) is 0.287. The summed E-state index contributed by atoms with van der Waals surface area (Å²) in [5.74, 6) is -2.56. The largest absolute Gasteiger partial charge is 1.00 e. The Morgan fingerprint density at radius 1 is 1.23 bits per heavy atom. The van der Waals surface area contributed by atoms with Crippen molar-refractivity contribution >= 4 is 19.6 Å². The van der Waals surface area contributed by atoms with E-state index >= 15 is 0 Å². The number of carboxylic acids is 1. The molecule has 7 nitrogen and oxygen atoms in total. The smallest absolute Gasteiger partial charge is 0.756 e. The van der Waals surface area contributed by atoms with E-state index in [0.29, 0.717) is 0 Å². The van der Waals surface area contributed by atoms with Crippen molar-refractivity contribution in [3.05, 3.63) is 0 Å². The van der Waals surface area contributed by atoms with Gasteiger partial charge in [0.1, 0.15) is 5.97 Å². The fraction of sp³-hybridized carbons (Fsp3) is 0.333. The number of Topliss-reactive ketones (excluding diaryl/α,β-unsaturated/α-hetero) is 1. The van der Waals surface area contributed by atoms with Crippen LogP contribution in [0.25, 0.3) is 0 Å². The maximum absolute atomic E-state index is 9.48. The topological polar surface area (TPSA) is 138 Å². The molecule has 0 aromatic rings. The van der Waals surface area contributed by atoms with Crippen molar-refractivity contribution < 1.29 is 93.1 Å². The number of carbonyl (C=O) groups excluding carboxylic acids is 2. The van der Waals surface area contributed by atoms with Crippen LogP contribution in [-0.2, 0) is 14.2 Å².